The minimum atomic E-state index is 0.619. The van der Waals surface area contributed by atoms with E-state index >= 15 is 0 Å². The van der Waals surface area contributed by atoms with Gasteiger partial charge in [0.15, 0.2) is 0 Å². The molecule has 0 saturated carbocycles. The topological polar surface area (TPSA) is 12.4 Å². The lowest BCUT2D eigenvalue weighted by molar-refractivity contribution is 0.866. The molecule has 0 fully saturated rings. The van der Waals surface area contributed by atoms with E-state index in [4.69, 9.17) is 0 Å². The van der Waals surface area contributed by atoms with Crippen LogP contribution in [0.25, 0.3) is 0 Å². The van der Waals surface area contributed by atoms with Crippen molar-refractivity contribution in [3.63, 3.8) is 0 Å². The summed E-state index contributed by atoms with van der Waals surface area (Å²) in [6.45, 7) is 4.43. The quantitative estimate of drug-likeness (QED) is 0.540. The van der Waals surface area contributed by atoms with Gasteiger partial charge in [0.1, 0.15) is 0 Å². The van der Waals surface area contributed by atoms with Crippen LogP contribution in [0.15, 0.2) is 28.4 Å². The minimum absolute atomic E-state index is 0.619. The first kappa shape index (κ1) is 6.84. The van der Waals surface area contributed by atoms with Crippen LogP contribution in [-0.2, 0) is 0 Å². The summed E-state index contributed by atoms with van der Waals surface area (Å²) in [4.78, 5) is 4.56. The van der Waals surface area contributed by atoms with Gasteiger partial charge < -0.3 is 0 Å². The number of hydrogen-bond donors (Lipinski definition) is 0. The molecule has 0 saturated heterocycles. The van der Waals surface area contributed by atoms with Crippen LogP contribution >= 0.6 is 0 Å². The molecule has 0 aromatic carbocycles. The average molecular weight is 147 g/mol. The summed E-state index contributed by atoms with van der Waals surface area (Å²) in [5.41, 5.74) is 4.13. The third-order valence-electron chi connectivity index (χ3n) is 2.33. The van der Waals surface area contributed by atoms with E-state index in [1.165, 1.54) is 17.0 Å². The second kappa shape index (κ2) is 2.33. The maximum absolute atomic E-state index is 4.56. The SMILES string of the molecule is CC(C)C1=NC2=C(CC=C2)C1. The van der Waals surface area contributed by atoms with E-state index in [-0.39, 0.29) is 0 Å². The standard InChI is InChI=1S/C10H13N/c1-7(2)10-6-8-4-3-5-9(8)11-10/h3,5,7H,4,6H2,1-2H3. The molecule has 0 unspecified atom stereocenters. The van der Waals surface area contributed by atoms with E-state index in [0.717, 1.165) is 12.8 Å². The van der Waals surface area contributed by atoms with Crippen LogP contribution in [-0.4, -0.2) is 5.71 Å². The first-order valence-electron chi connectivity index (χ1n) is 4.23. The molecule has 58 valence electrons. The van der Waals surface area contributed by atoms with Gasteiger partial charge in [0.05, 0.1) is 5.70 Å². The molecule has 0 aromatic heterocycles. The van der Waals surface area contributed by atoms with Crippen molar-refractivity contribution in [3.05, 3.63) is 23.4 Å². The van der Waals surface area contributed by atoms with Gasteiger partial charge in [0.25, 0.3) is 0 Å². The summed E-state index contributed by atoms with van der Waals surface area (Å²) in [6, 6.07) is 0. The zero-order valence-electron chi connectivity index (χ0n) is 7.09. The third-order valence-corrected chi connectivity index (χ3v) is 2.33. The van der Waals surface area contributed by atoms with E-state index in [9.17, 15) is 0 Å². The van der Waals surface area contributed by atoms with E-state index in [1.54, 1.807) is 0 Å². The zero-order chi connectivity index (χ0) is 7.84. The van der Waals surface area contributed by atoms with E-state index in [2.05, 4.69) is 31.0 Å². The smallest absolute Gasteiger partial charge is 0.0625 e. The monoisotopic (exact) mass is 147 g/mol. The van der Waals surface area contributed by atoms with E-state index in [0.29, 0.717) is 5.92 Å². The first-order chi connectivity index (χ1) is 5.27. The largest absolute Gasteiger partial charge is 0.257 e. The van der Waals surface area contributed by atoms with Gasteiger partial charge in [-0.3, -0.25) is 4.99 Å². The van der Waals surface area contributed by atoms with Gasteiger partial charge in [-0.25, -0.2) is 0 Å². The maximum Gasteiger partial charge on any atom is 0.0625 e. The van der Waals surface area contributed by atoms with Crippen molar-refractivity contribution in [2.75, 3.05) is 0 Å². The lowest BCUT2D eigenvalue weighted by Crippen LogP contribution is -2.04. The van der Waals surface area contributed by atoms with Crippen LogP contribution in [0, 0.1) is 5.92 Å². The van der Waals surface area contributed by atoms with Gasteiger partial charge in [-0.15, -0.1) is 0 Å². The summed E-state index contributed by atoms with van der Waals surface area (Å²) in [6.07, 6.45) is 6.60. The van der Waals surface area contributed by atoms with Gasteiger partial charge in [-0.05, 0) is 24.0 Å². The fraction of sp³-hybridized carbons (Fsp3) is 0.500. The molecular weight excluding hydrogens is 134 g/mol. The molecule has 0 N–H and O–H groups in total. The Hall–Kier alpha value is -0.850. The summed E-state index contributed by atoms with van der Waals surface area (Å²) in [5.74, 6) is 0.619. The molecule has 0 spiro atoms. The molecular formula is C10H13N. The van der Waals surface area contributed by atoms with Crippen LogP contribution in [0.3, 0.4) is 0 Å². The molecule has 1 nitrogen and oxygen atoms in total. The molecule has 2 aliphatic rings. The highest BCUT2D eigenvalue weighted by molar-refractivity contribution is 5.92. The predicted octanol–water partition coefficient (Wildman–Crippen LogP) is 2.70. The van der Waals surface area contributed by atoms with Gasteiger partial charge >= 0.3 is 0 Å². The van der Waals surface area contributed by atoms with Gasteiger partial charge in [0.2, 0.25) is 0 Å². The highest BCUT2D eigenvalue weighted by Gasteiger charge is 2.19. The van der Waals surface area contributed by atoms with Crippen molar-refractivity contribution < 1.29 is 0 Å². The fourth-order valence-corrected chi connectivity index (χ4v) is 1.56. The number of hydrogen-bond acceptors (Lipinski definition) is 1. The molecule has 1 heterocycles. The Bertz CT molecular complexity index is 267. The molecule has 11 heavy (non-hydrogen) atoms. The Labute approximate surface area is 67.5 Å². The molecule has 1 aliphatic heterocycles. The number of allylic oxidation sites excluding steroid dienone is 3. The summed E-state index contributed by atoms with van der Waals surface area (Å²) < 4.78 is 0. The van der Waals surface area contributed by atoms with Crippen molar-refractivity contribution in [2.45, 2.75) is 26.7 Å². The second-order valence-electron chi connectivity index (χ2n) is 3.53. The molecule has 0 radical (unpaired) electrons. The predicted molar refractivity (Wildman–Crippen MR) is 47.7 cm³/mol. The molecule has 0 amide bonds. The van der Waals surface area contributed by atoms with Crippen molar-refractivity contribution in [3.8, 4) is 0 Å². The van der Waals surface area contributed by atoms with E-state index < -0.39 is 0 Å². The summed E-state index contributed by atoms with van der Waals surface area (Å²) in [5, 5.41) is 0. The number of nitrogens with zero attached hydrogens (tertiary/aromatic N) is 1. The van der Waals surface area contributed by atoms with Crippen molar-refractivity contribution in [2.24, 2.45) is 10.9 Å². The highest BCUT2D eigenvalue weighted by Crippen LogP contribution is 2.30. The molecule has 1 aliphatic carbocycles. The molecule has 1 heteroatoms. The summed E-state index contributed by atoms with van der Waals surface area (Å²) in [7, 11) is 0. The Balaban J connectivity index is 2.20. The number of rotatable bonds is 1. The second-order valence-corrected chi connectivity index (χ2v) is 3.53. The van der Waals surface area contributed by atoms with Gasteiger partial charge in [-0.1, -0.05) is 19.9 Å². The lowest BCUT2D eigenvalue weighted by Gasteiger charge is -2.03. The Morgan fingerprint density at radius 3 is 2.91 bits per heavy atom. The minimum Gasteiger partial charge on any atom is -0.257 e. The van der Waals surface area contributed by atoms with Crippen molar-refractivity contribution in [1.82, 2.24) is 0 Å². The van der Waals surface area contributed by atoms with Crippen molar-refractivity contribution >= 4 is 5.71 Å². The van der Waals surface area contributed by atoms with Crippen LogP contribution in [0.5, 0.6) is 0 Å². The molecule has 0 atom stereocenters. The van der Waals surface area contributed by atoms with Crippen LogP contribution in [0.4, 0.5) is 0 Å². The van der Waals surface area contributed by atoms with E-state index in [1.807, 2.05) is 0 Å². The van der Waals surface area contributed by atoms with Crippen LogP contribution in [0.2, 0.25) is 0 Å². The Morgan fingerprint density at radius 2 is 2.27 bits per heavy atom. The Morgan fingerprint density at radius 1 is 1.45 bits per heavy atom. The zero-order valence-corrected chi connectivity index (χ0v) is 7.09. The van der Waals surface area contributed by atoms with Gasteiger partial charge in [0, 0.05) is 12.1 Å². The molecule has 0 bridgehead atoms. The van der Waals surface area contributed by atoms with Gasteiger partial charge in [-0.2, -0.15) is 0 Å². The summed E-state index contributed by atoms with van der Waals surface area (Å²) >= 11 is 0. The maximum atomic E-state index is 4.56. The third kappa shape index (κ3) is 1.05. The first-order valence-corrected chi connectivity index (χ1v) is 4.23. The average Bonchev–Trinajstić information content (AvgIpc) is 2.40. The number of aliphatic imine (C=N–C) groups is 1. The fourth-order valence-electron chi connectivity index (χ4n) is 1.56. The highest BCUT2D eigenvalue weighted by atomic mass is 14.8. The van der Waals surface area contributed by atoms with Crippen LogP contribution in [0.1, 0.15) is 26.7 Å². The Kier molecular flexibility index (Phi) is 1.45. The molecule has 0 aromatic rings. The lowest BCUT2D eigenvalue weighted by atomic mass is 10.0. The van der Waals surface area contributed by atoms with Crippen molar-refractivity contribution in [1.29, 1.82) is 0 Å². The normalized spacial score (nSPS) is 21.5. The molecule has 2 rings (SSSR count). The van der Waals surface area contributed by atoms with Crippen LogP contribution < -0.4 is 0 Å².